The Morgan fingerprint density at radius 2 is 1.88 bits per heavy atom. The minimum Gasteiger partial charge on any atom is -0.496 e. The van der Waals surface area contributed by atoms with Crippen LogP contribution in [0.2, 0.25) is 0 Å². The van der Waals surface area contributed by atoms with Crippen molar-refractivity contribution < 1.29 is 28.2 Å². The van der Waals surface area contributed by atoms with Crippen LogP contribution in [0.4, 0.5) is 10.1 Å². The largest absolute Gasteiger partial charge is 0.496 e. The zero-order valence-corrected chi connectivity index (χ0v) is 18.6. The van der Waals surface area contributed by atoms with E-state index >= 15 is 0 Å². The third-order valence-corrected chi connectivity index (χ3v) is 5.95. The van der Waals surface area contributed by atoms with E-state index in [-0.39, 0.29) is 16.4 Å². The summed E-state index contributed by atoms with van der Waals surface area (Å²) >= 11 is 0.944. The van der Waals surface area contributed by atoms with Crippen LogP contribution < -0.4 is 15.4 Å². The molecule has 0 fully saturated rings. The van der Waals surface area contributed by atoms with Gasteiger partial charge in [-0.05, 0) is 30.3 Å². The molecule has 2 amide bonds. The topological polar surface area (TPSA) is 118 Å². The molecule has 0 saturated heterocycles. The van der Waals surface area contributed by atoms with Crippen molar-refractivity contribution in [2.24, 2.45) is 5.92 Å². The first kappa shape index (κ1) is 23.8. The number of rotatable bonds is 7. The van der Waals surface area contributed by atoms with Crippen LogP contribution in [0.15, 0.2) is 59.1 Å². The number of nitrogens with zero attached hydrogens (tertiary/aromatic N) is 1. The number of hydrogen-bond acceptors (Lipinski definition) is 7. The summed E-state index contributed by atoms with van der Waals surface area (Å²) in [7, 11) is 2.61. The zero-order chi connectivity index (χ0) is 24.0. The van der Waals surface area contributed by atoms with E-state index in [4.69, 9.17) is 9.47 Å². The molecule has 2 aromatic rings. The lowest BCUT2D eigenvalue weighted by Crippen LogP contribution is -2.44. The van der Waals surface area contributed by atoms with Gasteiger partial charge in [0.15, 0.2) is 0 Å². The highest BCUT2D eigenvalue weighted by atomic mass is 32.2. The molecule has 10 heteroatoms. The third kappa shape index (κ3) is 5.32. The van der Waals surface area contributed by atoms with Crippen molar-refractivity contribution in [3.8, 4) is 11.8 Å². The van der Waals surface area contributed by atoms with E-state index in [1.54, 1.807) is 24.3 Å². The molecular formula is C23H20FN3O5S. The normalized spacial score (nSPS) is 17.6. The molecule has 3 rings (SSSR count). The summed E-state index contributed by atoms with van der Waals surface area (Å²) < 4.78 is 23.2. The van der Waals surface area contributed by atoms with Gasteiger partial charge in [0.05, 0.1) is 36.6 Å². The van der Waals surface area contributed by atoms with Crippen molar-refractivity contribution in [1.29, 1.82) is 5.26 Å². The summed E-state index contributed by atoms with van der Waals surface area (Å²) in [5.41, 5.74) is 0.978. The number of benzene rings is 2. The highest BCUT2D eigenvalue weighted by Gasteiger charge is 2.45. The number of allylic oxidation sites excluding steroid dienone is 1. The smallest absolute Gasteiger partial charge is 0.319 e. The molecule has 2 N–H and O–H groups in total. The molecule has 0 spiro atoms. The van der Waals surface area contributed by atoms with Gasteiger partial charge in [0.25, 0.3) is 0 Å². The number of esters is 1. The van der Waals surface area contributed by atoms with E-state index in [0.29, 0.717) is 17.0 Å². The monoisotopic (exact) mass is 469 g/mol. The van der Waals surface area contributed by atoms with Crippen molar-refractivity contribution in [2.45, 2.75) is 5.92 Å². The summed E-state index contributed by atoms with van der Waals surface area (Å²) in [6.07, 6.45) is 0. The average Bonchev–Trinajstić information content (AvgIpc) is 2.83. The first-order valence-corrected chi connectivity index (χ1v) is 10.7. The lowest BCUT2D eigenvalue weighted by Gasteiger charge is -2.31. The number of thioether (sulfide) groups is 1. The SMILES string of the molecule is COC(=O)[C@H]1C(=O)NC(SCC(=O)Nc2ccc(F)cc2)=C(C#N)[C@@H]1c1ccccc1OC. The summed E-state index contributed by atoms with van der Waals surface area (Å²) in [5, 5.41) is 15.3. The van der Waals surface area contributed by atoms with Crippen LogP contribution >= 0.6 is 11.8 Å². The van der Waals surface area contributed by atoms with Crippen LogP contribution in [0.5, 0.6) is 5.75 Å². The number of carbonyl (C=O) groups is 3. The van der Waals surface area contributed by atoms with E-state index in [2.05, 4.69) is 16.7 Å². The van der Waals surface area contributed by atoms with E-state index in [1.807, 2.05) is 0 Å². The van der Waals surface area contributed by atoms with Crippen LogP contribution in [0, 0.1) is 23.1 Å². The number of amides is 2. The molecule has 0 saturated carbocycles. The maximum atomic E-state index is 13.0. The van der Waals surface area contributed by atoms with Crippen molar-refractivity contribution >= 4 is 35.2 Å². The van der Waals surface area contributed by atoms with Crippen LogP contribution in [0.3, 0.4) is 0 Å². The molecule has 8 nitrogen and oxygen atoms in total. The fraction of sp³-hybridized carbons (Fsp3) is 0.217. The van der Waals surface area contributed by atoms with E-state index < -0.39 is 35.4 Å². The number of carbonyl (C=O) groups excluding carboxylic acids is 3. The van der Waals surface area contributed by atoms with Crippen LogP contribution in [-0.4, -0.2) is 37.8 Å². The minimum absolute atomic E-state index is 0.106. The quantitative estimate of drug-likeness (QED) is 0.473. The summed E-state index contributed by atoms with van der Waals surface area (Å²) in [6, 6.07) is 14.1. The first-order chi connectivity index (χ1) is 15.9. The van der Waals surface area contributed by atoms with Gasteiger partial charge in [-0.1, -0.05) is 30.0 Å². The second kappa shape index (κ2) is 10.7. The molecule has 0 aromatic heterocycles. The van der Waals surface area contributed by atoms with Gasteiger partial charge in [-0.2, -0.15) is 5.26 Å². The molecular weight excluding hydrogens is 449 g/mol. The fourth-order valence-electron chi connectivity index (χ4n) is 3.45. The number of ether oxygens (including phenoxy) is 2. The Labute approximate surface area is 193 Å². The van der Waals surface area contributed by atoms with Gasteiger partial charge in [-0.25, -0.2) is 4.39 Å². The summed E-state index contributed by atoms with van der Waals surface area (Å²) in [6.45, 7) is 0. The van der Waals surface area contributed by atoms with Crippen molar-refractivity contribution in [3.05, 3.63) is 70.5 Å². The van der Waals surface area contributed by atoms with Crippen LogP contribution in [-0.2, 0) is 19.1 Å². The highest BCUT2D eigenvalue weighted by molar-refractivity contribution is 8.03. The molecule has 0 unspecified atom stereocenters. The maximum Gasteiger partial charge on any atom is 0.319 e. The molecule has 170 valence electrons. The second-order valence-electron chi connectivity index (χ2n) is 6.91. The van der Waals surface area contributed by atoms with Gasteiger partial charge in [0.2, 0.25) is 11.8 Å². The number of halogens is 1. The van der Waals surface area contributed by atoms with E-state index in [1.165, 1.54) is 31.4 Å². The van der Waals surface area contributed by atoms with Crippen LogP contribution in [0.25, 0.3) is 0 Å². The Hall–Kier alpha value is -3.84. The molecule has 2 atom stereocenters. The molecule has 0 aliphatic carbocycles. The molecule has 1 aliphatic rings. The Morgan fingerprint density at radius 3 is 2.52 bits per heavy atom. The number of para-hydroxylation sites is 1. The zero-order valence-electron chi connectivity index (χ0n) is 17.8. The number of nitriles is 1. The summed E-state index contributed by atoms with van der Waals surface area (Å²) in [5.74, 6) is -4.31. The van der Waals surface area contributed by atoms with E-state index in [0.717, 1.165) is 18.9 Å². The number of methoxy groups -OCH3 is 2. The number of anilines is 1. The fourth-order valence-corrected chi connectivity index (χ4v) is 4.30. The molecule has 2 aromatic carbocycles. The molecule has 33 heavy (non-hydrogen) atoms. The Balaban J connectivity index is 1.92. The van der Waals surface area contributed by atoms with Crippen molar-refractivity contribution in [1.82, 2.24) is 5.32 Å². The number of nitrogens with one attached hydrogen (secondary N) is 2. The maximum absolute atomic E-state index is 13.0. The van der Waals surface area contributed by atoms with Gasteiger partial charge in [0.1, 0.15) is 17.5 Å². The number of hydrogen-bond donors (Lipinski definition) is 2. The predicted molar refractivity (Wildman–Crippen MR) is 120 cm³/mol. The van der Waals surface area contributed by atoms with E-state index in [9.17, 15) is 24.0 Å². The minimum atomic E-state index is -1.31. The predicted octanol–water partition coefficient (Wildman–Crippen LogP) is 2.94. The van der Waals surface area contributed by atoms with Crippen molar-refractivity contribution in [2.75, 3.05) is 25.3 Å². The Bertz CT molecular complexity index is 1140. The summed E-state index contributed by atoms with van der Waals surface area (Å²) in [4.78, 5) is 37.7. The third-order valence-electron chi connectivity index (χ3n) is 4.93. The molecule has 1 aliphatic heterocycles. The first-order valence-electron chi connectivity index (χ1n) is 9.73. The Kier molecular flexibility index (Phi) is 7.69. The van der Waals surface area contributed by atoms with Gasteiger partial charge in [-0.3, -0.25) is 14.4 Å². The van der Waals surface area contributed by atoms with Gasteiger partial charge < -0.3 is 20.1 Å². The lowest BCUT2D eigenvalue weighted by molar-refractivity contribution is -0.150. The highest BCUT2D eigenvalue weighted by Crippen LogP contribution is 2.43. The van der Waals surface area contributed by atoms with Crippen LogP contribution in [0.1, 0.15) is 11.5 Å². The van der Waals surface area contributed by atoms with Crippen molar-refractivity contribution in [3.63, 3.8) is 0 Å². The average molecular weight is 469 g/mol. The lowest BCUT2D eigenvalue weighted by atomic mass is 9.78. The Morgan fingerprint density at radius 1 is 1.18 bits per heavy atom. The molecule has 0 radical (unpaired) electrons. The van der Waals surface area contributed by atoms with Gasteiger partial charge in [0, 0.05) is 17.2 Å². The second-order valence-corrected chi connectivity index (χ2v) is 7.89. The molecule has 1 heterocycles. The van der Waals surface area contributed by atoms with Gasteiger partial charge in [-0.15, -0.1) is 0 Å². The van der Waals surface area contributed by atoms with Gasteiger partial charge >= 0.3 is 5.97 Å². The molecule has 0 bridgehead atoms. The standard InChI is InChI=1S/C23H20FN3O5S/c1-31-17-6-4-3-5-15(17)19-16(11-25)22(27-21(29)20(19)23(30)32-2)33-12-18(28)26-14-9-7-13(24)8-10-14/h3-10,19-20H,12H2,1-2H3,(H,26,28)(H,27,29)/t19-,20+/m0/s1.